The number of rotatable bonds is 6. The van der Waals surface area contributed by atoms with Crippen molar-refractivity contribution >= 4 is 32.7 Å². The molecule has 0 bridgehead atoms. The molecule has 3 aliphatic rings. The number of anilines is 1. The van der Waals surface area contributed by atoms with Crippen molar-refractivity contribution in [1.29, 1.82) is 0 Å². The molecular formula is C21H25F2N7O4S2. The molecule has 3 fully saturated rings. The van der Waals surface area contributed by atoms with Crippen LogP contribution in [0.25, 0.3) is 16.2 Å². The van der Waals surface area contributed by atoms with E-state index in [2.05, 4.69) is 29.7 Å². The van der Waals surface area contributed by atoms with E-state index in [9.17, 15) is 17.2 Å². The highest BCUT2D eigenvalue weighted by atomic mass is 32.2. The summed E-state index contributed by atoms with van der Waals surface area (Å²) in [6.07, 6.45) is -1.18. The Bertz CT molecular complexity index is 1390. The first-order valence-electron chi connectivity index (χ1n) is 11.5. The molecule has 3 saturated heterocycles. The van der Waals surface area contributed by atoms with Crippen molar-refractivity contribution in [2.24, 2.45) is 0 Å². The monoisotopic (exact) mass is 541 g/mol. The number of sulfonamides is 1. The number of piperazine rings is 1. The summed E-state index contributed by atoms with van der Waals surface area (Å²) in [7, 11) is -3.93. The van der Waals surface area contributed by atoms with Gasteiger partial charge in [0, 0.05) is 26.2 Å². The Morgan fingerprint density at radius 2 is 2.03 bits per heavy atom. The van der Waals surface area contributed by atoms with Gasteiger partial charge in [-0.25, -0.2) is 26.9 Å². The number of aromatic nitrogens is 4. The molecule has 194 valence electrons. The number of nitrogens with zero attached hydrogens (tertiary/aromatic N) is 6. The zero-order chi connectivity index (χ0) is 25.1. The maximum absolute atomic E-state index is 13.4. The fourth-order valence-electron chi connectivity index (χ4n) is 4.84. The van der Waals surface area contributed by atoms with Gasteiger partial charge in [0.05, 0.1) is 48.4 Å². The Morgan fingerprint density at radius 3 is 2.75 bits per heavy atom. The molecular weight excluding hydrogens is 516 g/mol. The van der Waals surface area contributed by atoms with Crippen LogP contribution in [-0.2, 0) is 19.5 Å². The zero-order valence-corrected chi connectivity index (χ0v) is 21.1. The lowest BCUT2D eigenvalue weighted by molar-refractivity contribution is -0.0523. The Morgan fingerprint density at radius 1 is 1.19 bits per heavy atom. The van der Waals surface area contributed by atoms with E-state index in [0.717, 1.165) is 24.4 Å². The van der Waals surface area contributed by atoms with Gasteiger partial charge in [-0.15, -0.1) is 10.2 Å². The first kappa shape index (κ1) is 24.1. The van der Waals surface area contributed by atoms with Gasteiger partial charge in [0.1, 0.15) is 17.8 Å². The summed E-state index contributed by atoms with van der Waals surface area (Å²) < 4.78 is 68.6. The summed E-state index contributed by atoms with van der Waals surface area (Å²) in [4.78, 5) is 8.98. The fourth-order valence-corrected chi connectivity index (χ4v) is 6.95. The Balaban J connectivity index is 1.45. The van der Waals surface area contributed by atoms with Gasteiger partial charge >= 0.3 is 0 Å². The molecule has 3 aromatic rings. The quantitative estimate of drug-likeness (QED) is 0.494. The largest absolute Gasteiger partial charge is 0.378 e. The molecule has 0 aromatic carbocycles. The molecule has 3 aromatic heterocycles. The van der Waals surface area contributed by atoms with E-state index in [1.54, 1.807) is 23.7 Å². The van der Waals surface area contributed by atoms with Crippen LogP contribution >= 0.6 is 11.3 Å². The lowest BCUT2D eigenvalue weighted by Gasteiger charge is -2.44. The SMILES string of the molecule is CC1(NS(=O)(=O)c2cc(N3CCN4CCOC[C@H]4C3)n3cnc(-c4nnc(C(F)F)s4)c3c2)COC1. The average molecular weight is 542 g/mol. The van der Waals surface area contributed by atoms with E-state index in [0.29, 0.717) is 43.3 Å². The smallest absolute Gasteiger partial charge is 0.291 e. The molecule has 3 aliphatic heterocycles. The number of imidazole rings is 1. The molecule has 11 nitrogen and oxygen atoms in total. The van der Waals surface area contributed by atoms with Crippen LogP contribution in [-0.4, -0.2) is 97.1 Å². The average Bonchev–Trinajstić information content (AvgIpc) is 3.49. The van der Waals surface area contributed by atoms with Crippen LogP contribution < -0.4 is 9.62 Å². The van der Waals surface area contributed by atoms with E-state index in [1.165, 1.54) is 6.07 Å². The van der Waals surface area contributed by atoms with Crippen LogP contribution in [0.1, 0.15) is 18.4 Å². The highest BCUT2D eigenvalue weighted by Crippen LogP contribution is 2.34. The first-order valence-corrected chi connectivity index (χ1v) is 13.8. The zero-order valence-electron chi connectivity index (χ0n) is 19.4. The standard InChI is InChI=1S/C21H25F2N7O4S2/c1-21(10-34-11-21)27-36(31,32)14-6-15-17(19-25-26-20(35-19)18(22)23)24-12-30(15)16(7-14)29-3-2-28-4-5-33-9-13(28)8-29/h6-7,12-13,18,27H,2-5,8-11H2,1H3/t13-/m1/s1. The number of fused-ring (bicyclic) bond motifs is 2. The minimum absolute atomic E-state index is 0.0563. The molecule has 6 heterocycles. The molecule has 0 saturated carbocycles. The van der Waals surface area contributed by atoms with E-state index in [1.807, 2.05) is 0 Å². The van der Waals surface area contributed by atoms with Gasteiger partial charge in [0.15, 0.2) is 10.0 Å². The van der Waals surface area contributed by atoms with E-state index < -0.39 is 27.0 Å². The van der Waals surface area contributed by atoms with Crippen molar-refractivity contribution < 1.29 is 26.7 Å². The van der Waals surface area contributed by atoms with Gasteiger partial charge in [-0.05, 0) is 19.1 Å². The molecule has 0 unspecified atom stereocenters. The van der Waals surface area contributed by atoms with Crippen molar-refractivity contribution in [3.63, 3.8) is 0 Å². The number of halogens is 2. The number of ether oxygens (including phenoxy) is 2. The maximum Gasteiger partial charge on any atom is 0.291 e. The second kappa shape index (κ2) is 8.92. The summed E-state index contributed by atoms with van der Waals surface area (Å²) in [6.45, 7) is 6.68. The van der Waals surface area contributed by atoms with Crippen molar-refractivity contribution in [3.8, 4) is 10.7 Å². The fraction of sp³-hybridized carbons (Fsp3) is 0.571. The number of pyridine rings is 1. The van der Waals surface area contributed by atoms with Crippen LogP contribution in [0.2, 0.25) is 0 Å². The van der Waals surface area contributed by atoms with Crippen LogP contribution in [0.5, 0.6) is 0 Å². The number of morpholine rings is 1. The molecule has 0 amide bonds. The molecule has 1 N–H and O–H groups in total. The summed E-state index contributed by atoms with van der Waals surface area (Å²) in [5.74, 6) is 0.644. The minimum Gasteiger partial charge on any atom is -0.378 e. The summed E-state index contributed by atoms with van der Waals surface area (Å²) in [5.41, 5.74) is 0.0580. The highest BCUT2D eigenvalue weighted by molar-refractivity contribution is 7.89. The normalized spacial score (nSPS) is 22.7. The van der Waals surface area contributed by atoms with Gasteiger partial charge in [0.2, 0.25) is 10.0 Å². The Kier molecular flexibility index (Phi) is 5.96. The van der Waals surface area contributed by atoms with Gasteiger partial charge in [-0.2, -0.15) is 0 Å². The van der Waals surface area contributed by atoms with Gasteiger partial charge < -0.3 is 14.4 Å². The van der Waals surface area contributed by atoms with Crippen molar-refractivity contribution in [2.45, 2.75) is 29.8 Å². The molecule has 36 heavy (non-hydrogen) atoms. The Labute approximate surface area is 210 Å². The number of hydrogen-bond acceptors (Lipinski definition) is 10. The number of alkyl halides is 2. The molecule has 15 heteroatoms. The lowest BCUT2D eigenvalue weighted by atomic mass is 10.0. The van der Waals surface area contributed by atoms with Crippen LogP contribution in [0.3, 0.4) is 0 Å². The third kappa shape index (κ3) is 4.26. The predicted molar refractivity (Wildman–Crippen MR) is 127 cm³/mol. The molecule has 0 spiro atoms. The number of nitrogens with one attached hydrogen (secondary N) is 1. The van der Waals surface area contributed by atoms with Gasteiger partial charge in [-0.1, -0.05) is 11.3 Å². The first-order chi connectivity index (χ1) is 17.2. The van der Waals surface area contributed by atoms with Crippen LogP contribution in [0.4, 0.5) is 14.6 Å². The highest BCUT2D eigenvalue weighted by Gasteiger charge is 2.39. The summed E-state index contributed by atoms with van der Waals surface area (Å²) >= 11 is 0.740. The van der Waals surface area contributed by atoms with Crippen molar-refractivity contribution in [1.82, 2.24) is 29.2 Å². The maximum atomic E-state index is 13.4. The van der Waals surface area contributed by atoms with Gasteiger partial charge in [0.25, 0.3) is 6.43 Å². The summed E-state index contributed by atoms with van der Waals surface area (Å²) in [6, 6.07) is 3.32. The Hall–Kier alpha value is -2.30. The van der Waals surface area contributed by atoms with Crippen molar-refractivity contribution in [3.05, 3.63) is 23.5 Å². The third-order valence-corrected chi connectivity index (χ3v) is 9.28. The van der Waals surface area contributed by atoms with E-state index in [4.69, 9.17) is 9.47 Å². The second-order valence-electron chi connectivity index (χ2n) is 9.51. The van der Waals surface area contributed by atoms with Gasteiger partial charge in [-0.3, -0.25) is 9.30 Å². The summed E-state index contributed by atoms with van der Waals surface area (Å²) in [5, 5.41) is 7.25. The molecule has 0 radical (unpaired) electrons. The van der Waals surface area contributed by atoms with E-state index in [-0.39, 0.29) is 29.2 Å². The lowest BCUT2D eigenvalue weighted by Crippen LogP contribution is -2.59. The topological polar surface area (TPSA) is 114 Å². The van der Waals surface area contributed by atoms with Crippen LogP contribution in [0.15, 0.2) is 23.4 Å². The second-order valence-corrected chi connectivity index (χ2v) is 12.2. The van der Waals surface area contributed by atoms with E-state index >= 15 is 0 Å². The molecule has 1 atom stereocenters. The predicted octanol–water partition coefficient (Wildman–Crippen LogP) is 1.38. The van der Waals surface area contributed by atoms with Crippen LogP contribution in [0, 0.1) is 0 Å². The minimum atomic E-state index is -3.93. The van der Waals surface area contributed by atoms with Crippen molar-refractivity contribution in [2.75, 3.05) is 57.5 Å². The molecule has 0 aliphatic carbocycles. The number of hydrogen-bond donors (Lipinski definition) is 1. The molecule has 6 rings (SSSR count). The third-order valence-electron chi connectivity index (χ3n) is 6.73.